The van der Waals surface area contributed by atoms with Crippen LogP contribution in [0.25, 0.3) is 0 Å². The van der Waals surface area contributed by atoms with Crippen LogP contribution in [0.1, 0.15) is 0 Å². The fourth-order valence-electron chi connectivity index (χ4n) is 0.426. The van der Waals surface area contributed by atoms with E-state index in [1.54, 1.807) is 6.21 Å². The van der Waals surface area contributed by atoms with Crippen molar-refractivity contribution in [1.29, 1.82) is 0 Å². The van der Waals surface area contributed by atoms with Crippen molar-refractivity contribution in [3.8, 4) is 0 Å². The van der Waals surface area contributed by atoms with Gasteiger partial charge in [0.15, 0.2) is 0 Å². The maximum absolute atomic E-state index is 5.57. The molecule has 1 atom stereocenters. The third-order valence-electron chi connectivity index (χ3n) is 0.796. The van der Waals surface area contributed by atoms with Gasteiger partial charge in [0.05, 0.1) is 11.9 Å². The smallest absolute Gasteiger partial charge is 0.215 e. The molecule has 0 saturated carbocycles. The lowest BCUT2D eigenvalue weighted by Crippen LogP contribution is -2.19. The number of guanidine groups is 1. The number of alkyl halides is 1. The molecule has 0 aromatic heterocycles. The van der Waals surface area contributed by atoms with Crippen molar-refractivity contribution in [2.24, 2.45) is 15.7 Å². The molecular weight excluding hydrogens is 126 g/mol. The van der Waals surface area contributed by atoms with Crippen molar-refractivity contribution in [3.05, 3.63) is 0 Å². The van der Waals surface area contributed by atoms with E-state index in [4.69, 9.17) is 17.3 Å². The summed E-state index contributed by atoms with van der Waals surface area (Å²) in [5.41, 5.74) is 5.19. The number of hydrogen-bond acceptors (Lipinski definition) is 3. The molecule has 0 aromatic carbocycles. The van der Waals surface area contributed by atoms with Crippen LogP contribution in [0.3, 0.4) is 0 Å². The molecule has 1 aliphatic rings. The van der Waals surface area contributed by atoms with Gasteiger partial charge < -0.3 is 5.73 Å². The van der Waals surface area contributed by atoms with Gasteiger partial charge in [-0.05, 0) is 0 Å². The minimum atomic E-state index is -0.0673. The Labute approximate surface area is 52.3 Å². The molecule has 8 heavy (non-hydrogen) atoms. The molecular formula is C4H6ClN3. The first-order valence-electron chi connectivity index (χ1n) is 2.27. The Morgan fingerprint density at radius 1 is 1.88 bits per heavy atom. The second kappa shape index (κ2) is 2.13. The van der Waals surface area contributed by atoms with E-state index in [1.165, 1.54) is 0 Å². The van der Waals surface area contributed by atoms with Gasteiger partial charge in [-0.2, -0.15) is 0 Å². The number of nitrogens with zero attached hydrogens (tertiary/aromatic N) is 2. The Kier molecular flexibility index (Phi) is 1.48. The topological polar surface area (TPSA) is 50.7 Å². The van der Waals surface area contributed by atoms with E-state index in [0.717, 1.165) is 0 Å². The van der Waals surface area contributed by atoms with Gasteiger partial charge in [0, 0.05) is 6.21 Å². The van der Waals surface area contributed by atoms with Crippen molar-refractivity contribution in [3.63, 3.8) is 0 Å². The predicted octanol–water partition coefficient (Wildman–Crippen LogP) is -0.00710. The number of nitrogens with two attached hydrogens (primary N) is 1. The normalized spacial score (nSPS) is 27.6. The van der Waals surface area contributed by atoms with Gasteiger partial charge in [-0.15, -0.1) is 11.6 Å². The van der Waals surface area contributed by atoms with Crippen molar-refractivity contribution in [2.75, 3.05) is 6.54 Å². The maximum atomic E-state index is 5.57. The Morgan fingerprint density at radius 2 is 2.62 bits per heavy atom. The summed E-state index contributed by atoms with van der Waals surface area (Å²) in [6.07, 6.45) is 1.59. The third-order valence-corrected chi connectivity index (χ3v) is 1.05. The van der Waals surface area contributed by atoms with Crippen LogP contribution in [0.15, 0.2) is 9.98 Å². The highest BCUT2D eigenvalue weighted by Gasteiger charge is 2.03. The van der Waals surface area contributed by atoms with Crippen molar-refractivity contribution in [2.45, 2.75) is 5.38 Å². The molecule has 0 aliphatic carbocycles. The van der Waals surface area contributed by atoms with Crippen LogP contribution in [0.2, 0.25) is 0 Å². The van der Waals surface area contributed by atoms with E-state index in [-0.39, 0.29) is 5.38 Å². The average Bonchev–Trinajstić information content (AvgIpc) is 1.77. The minimum Gasteiger partial charge on any atom is -0.368 e. The first kappa shape index (κ1) is 5.56. The predicted molar refractivity (Wildman–Crippen MR) is 34.6 cm³/mol. The Balaban J connectivity index is 2.58. The molecule has 1 aliphatic heterocycles. The summed E-state index contributed by atoms with van der Waals surface area (Å²) in [4.78, 5) is 7.46. The Hall–Kier alpha value is -0.570. The Morgan fingerprint density at radius 3 is 3.00 bits per heavy atom. The fraction of sp³-hybridized carbons (Fsp3) is 0.500. The molecule has 1 rings (SSSR count). The highest BCUT2D eigenvalue weighted by molar-refractivity contribution is 6.29. The lowest BCUT2D eigenvalue weighted by molar-refractivity contribution is 1.03. The van der Waals surface area contributed by atoms with E-state index >= 15 is 0 Å². The quantitative estimate of drug-likeness (QED) is 0.462. The molecule has 4 heteroatoms. The fourth-order valence-corrected chi connectivity index (χ4v) is 0.551. The van der Waals surface area contributed by atoms with E-state index in [0.29, 0.717) is 12.5 Å². The number of aliphatic imine (C=N–C) groups is 2. The van der Waals surface area contributed by atoms with Gasteiger partial charge in [-0.3, -0.25) is 0 Å². The van der Waals surface area contributed by atoms with Crippen LogP contribution >= 0.6 is 11.6 Å². The van der Waals surface area contributed by atoms with Gasteiger partial charge in [0.1, 0.15) is 0 Å². The number of hydrogen-bond donors (Lipinski definition) is 1. The van der Waals surface area contributed by atoms with E-state index in [2.05, 4.69) is 9.98 Å². The molecule has 0 amide bonds. The molecule has 0 fully saturated rings. The summed E-state index contributed by atoms with van der Waals surface area (Å²) in [5.74, 6) is 0.321. The van der Waals surface area contributed by atoms with E-state index < -0.39 is 0 Å². The summed E-state index contributed by atoms with van der Waals surface area (Å²) < 4.78 is 0. The summed E-state index contributed by atoms with van der Waals surface area (Å²) in [7, 11) is 0. The third kappa shape index (κ3) is 1.20. The summed E-state index contributed by atoms with van der Waals surface area (Å²) >= 11 is 5.57. The maximum Gasteiger partial charge on any atom is 0.215 e. The molecule has 0 saturated heterocycles. The van der Waals surface area contributed by atoms with Gasteiger partial charge in [-0.25, -0.2) is 9.98 Å². The molecule has 0 radical (unpaired) electrons. The largest absolute Gasteiger partial charge is 0.368 e. The van der Waals surface area contributed by atoms with Gasteiger partial charge in [0.25, 0.3) is 0 Å². The lowest BCUT2D eigenvalue weighted by Gasteiger charge is -2.03. The van der Waals surface area contributed by atoms with Crippen molar-refractivity contribution >= 4 is 23.8 Å². The Bertz CT molecular complexity index is 140. The summed E-state index contributed by atoms with van der Waals surface area (Å²) in [5, 5.41) is -0.0673. The molecule has 1 heterocycles. The number of rotatable bonds is 0. The zero-order chi connectivity index (χ0) is 5.98. The molecule has 0 spiro atoms. The minimum absolute atomic E-state index is 0.0673. The van der Waals surface area contributed by atoms with Gasteiger partial charge in [0.2, 0.25) is 5.96 Å². The van der Waals surface area contributed by atoms with Gasteiger partial charge in [-0.1, -0.05) is 0 Å². The lowest BCUT2D eigenvalue weighted by atomic mass is 10.4. The van der Waals surface area contributed by atoms with Crippen LogP contribution in [0, 0.1) is 0 Å². The first-order chi connectivity index (χ1) is 3.79. The van der Waals surface area contributed by atoms with E-state index in [1.807, 2.05) is 0 Å². The summed E-state index contributed by atoms with van der Waals surface area (Å²) in [6, 6.07) is 0. The zero-order valence-electron chi connectivity index (χ0n) is 4.21. The molecule has 0 aromatic rings. The monoisotopic (exact) mass is 131 g/mol. The van der Waals surface area contributed by atoms with E-state index in [9.17, 15) is 0 Å². The number of halogens is 1. The van der Waals surface area contributed by atoms with Crippen molar-refractivity contribution in [1.82, 2.24) is 0 Å². The SMILES string of the molecule is NC1=NCC(Cl)C=N1. The molecule has 0 bridgehead atoms. The second-order valence-electron chi connectivity index (χ2n) is 1.49. The van der Waals surface area contributed by atoms with Crippen molar-refractivity contribution < 1.29 is 0 Å². The second-order valence-corrected chi connectivity index (χ2v) is 2.05. The van der Waals surface area contributed by atoms with Gasteiger partial charge >= 0.3 is 0 Å². The van der Waals surface area contributed by atoms with Crippen LogP contribution in [0.4, 0.5) is 0 Å². The first-order valence-corrected chi connectivity index (χ1v) is 2.71. The zero-order valence-corrected chi connectivity index (χ0v) is 4.97. The van der Waals surface area contributed by atoms with Crippen LogP contribution < -0.4 is 5.73 Å². The van der Waals surface area contributed by atoms with Crippen LogP contribution in [0.5, 0.6) is 0 Å². The molecule has 1 unspecified atom stereocenters. The molecule has 44 valence electrons. The molecule has 3 nitrogen and oxygen atoms in total. The standard InChI is InChI=1S/C4H6ClN3/c5-3-1-7-4(6)8-2-3/h1,3H,2H2,(H2,6,8). The highest BCUT2D eigenvalue weighted by atomic mass is 35.5. The highest BCUT2D eigenvalue weighted by Crippen LogP contribution is 1.96. The molecule has 2 N–H and O–H groups in total. The summed E-state index contributed by atoms with van der Waals surface area (Å²) in [6.45, 7) is 0.552. The van der Waals surface area contributed by atoms with Crippen LogP contribution in [-0.4, -0.2) is 24.1 Å². The van der Waals surface area contributed by atoms with Crippen LogP contribution in [-0.2, 0) is 0 Å². The average molecular weight is 132 g/mol.